The van der Waals surface area contributed by atoms with Crippen LogP contribution in [-0.2, 0) is 16.6 Å². The molecule has 0 bridgehead atoms. The van der Waals surface area contributed by atoms with E-state index in [4.69, 9.17) is 5.73 Å². The lowest BCUT2D eigenvalue weighted by molar-refractivity contribution is 0.100. The molecule has 1 fully saturated rings. The van der Waals surface area contributed by atoms with Crippen molar-refractivity contribution in [2.75, 3.05) is 46.0 Å². The highest BCUT2D eigenvalue weighted by molar-refractivity contribution is 7.89. The molecule has 8 nitrogen and oxygen atoms in total. The molecule has 0 unspecified atom stereocenters. The highest BCUT2D eigenvalue weighted by Gasteiger charge is 2.30. The quantitative estimate of drug-likeness (QED) is 0.355. The number of amides is 1. The molecule has 2 heterocycles. The summed E-state index contributed by atoms with van der Waals surface area (Å²) < 4.78 is 27.3. The minimum Gasteiger partial charge on any atom is -0.366 e. The van der Waals surface area contributed by atoms with Gasteiger partial charge in [0, 0.05) is 31.2 Å². The summed E-state index contributed by atoms with van der Waals surface area (Å²) in [5.74, 6) is -0.0816. The number of nitrogens with two attached hydrogens (primary N) is 1. The third kappa shape index (κ3) is 6.41. The minimum atomic E-state index is -3.25. The number of benzene rings is 2. The smallest absolute Gasteiger partial charge is 0.250 e. The second-order valence-corrected chi connectivity index (χ2v) is 12.3. The molecule has 1 amide bonds. The molecule has 1 aromatic heterocycles. The first-order chi connectivity index (χ1) is 17.7. The lowest BCUT2D eigenvalue weighted by Gasteiger charge is -2.31. The zero-order valence-corrected chi connectivity index (χ0v) is 22.9. The predicted molar refractivity (Wildman–Crippen MR) is 150 cm³/mol. The van der Waals surface area contributed by atoms with Gasteiger partial charge in [-0.1, -0.05) is 25.1 Å². The molecular formula is C28H39N5O3S. The molecule has 37 heavy (non-hydrogen) atoms. The predicted octanol–water partition coefficient (Wildman–Crippen LogP) is 3.50. The maximum atomic E-state index is 12.8. The maximum Gasteiger partial charge on any atom is 0.250 e. The molecule has 0 saturated carbocycles. The third-order valence-corrected chi connectivity index (χ3v) is 9.18. The summed E-state index contributed by atoms with van der Waals surface area (Å²) in [7, 11) is 0.653. The fraction of sp³-hybridized carbons (Fsp3) is 0.464. The molecule has 200 valence electrons. The molecule has 9 heteroatoms. The maximum absolute atomic E-state index is 12.8. The van der Waals surface area contributed by atoms with Gasteiger partial charge >= 0.3 is 0 Å². The zero-order chi connectivity index (χ0) is 26.6. The Hall–Kier alpha value is -2.72. The molecule has 1 aliphatic rings. The second kappa shape index (κ2) is 11.8. The molecule has 2 aromatic carbocycles. The van der Waals surface area contributed by atoms with Gasteiger partial charge in [-0.3, -0.25) is 4.79 Å². The van der Waals surface area contributed by atoms with Gasteiger partial charge in [0.15, 0.2) is 0 Å². The molecule has 4 rings (SSSR count). The number of aromatic amines is 1. The second-order valence-electron chi connectivity index (χ2n) is 10.2. The van der Waals surface area contributed by atoms with E-state index in [0.717, 1.165) is 60.1 Å². The number of aromatic nitrogens is 1. The Bertz CT molecular complexity index is 1340. The van der Waals surface area contributed by atoms with E-state index in [9.17, 15) is 13.2 Å². The Morgan fingerprint density at radius 3 is 2.59 bits per heavy atom. The first kappa shape index (κ1) is 27.3. The zero-order valence-electron chi connectivity index (χ0n) is 22.1. The van der Waals surface area contributed by atoms with Gasteiger partial charge in [-0.25, -0.2) is 12.7 Å². The van der Waals surface area contributed by atoms with Crippen LogP contribution < -0.4 is 11.1 Å². The van der Waals surface area contributed by atoms with E-state index < -0.39 is 15.9 Å². The first-order valence-corrected chi connectivity index (χ1v) is 14.7. The van der Waals surface area contributed by atoms with E-state index in [1.165, 1.54) is 5.56 Å². The van der Waals surface area contributed by atoms with Gasteiger partial charge < -0.3 is 20.9 Å². The average Bonchev–Trinajstić information content (AvgIpc) is 3.30. The van der Waals surface area contributed by atoms with Crippen LogP contribution in [0.4, 0.5) is 0 Å². The summed E-state index contributed by atoms with van der Waals surface area (Å²) >= 11 is 0. The van der Waals surface area contributed by atoms with Crippen molar-refractivity contribution >= 4 is 26.8 Å². The van der Waals surface area contributed by atoms with Crippen molar-refractivity contribution in [1.82, 2.24) is 19.5 Å². The lowest BCUT2D eigenvalue weighted by atomic mass is 9.88. The topological polar surface area (TPSA) is 112 Å². The summed E-state index contributed by atoms with van der Waals surface area (Å²) in [4.78, 5) is 17.7. The minimum absolute atomic E-state index is 0.182. The number of carbonyl (C=O) groups is 1. The fourth-order valence-electron chi connectivity index (χ4n) is 5.22. The van der Waals surface area contributed by atoms with E-state index in [-0.39, 0.29) is 11.7 Å². The molecule has 3 aromatic rings. The Morgan fingerprint density at radius 1 is 1.16 bits per heavy atom. The summed E-state index contributed by atoms with van der Waals surface area (Å²) in [6, 6.07) is 12.3. The van der Waals surface area contributed by atoms with Crippen molar-refractivity contribution in [2.24, 2.45) is 5.73 Å². The number of fused-ring (bicyclic) bond motifs is 1. The fourth-order valence-corrected chi connectivity index (χ4v) is 6.74. The van der Waals surface area contributed by atoms with Crippen LogP contribution >= 0.6 is 0 Å². The van der Waals surface area contributed by atoms with Gasteiger partial charge in [0.1, 0.15) is 0 Å². The number of nitrogens with one attached hydrogen (secondary N) is 2. The van der Waals surface area contributed by atoms with Crippen molar-refractivity contribution in [2.45, 2.75) is 38.6 Å². The van der Waals surface area contributed by atoms with Gasteiger partial charge in [0.2, 0.25) is 10.0 Å². The number of carbonyl (C=O) groups excluding carboxylic acids is 1. The van der Waals surface area contributed by atoms with Gasteiger partial charge in [-0.05, 0) is 92.8 Å². The number of rotatable bonds is 11. The molecule has 1 saturated heterocycles. The Morgan fingerprint density at radius 2 is 1.92 bits per heavy atom. The Labute approximate surface area is 220 Å². The van der Waals surface area contributed by atoms with E-state index in [2.05, 4.69) is 35.4 Å². The van der Waals surface area contributed by atoms with Crippen LogP contribution in [0.1, 0.15) is 53.6 Å². The number of nitrogens with zero attached hydrogens (tertiary/aromatic N) is 2. The Kier molecular flexibility index (Phi) is 8.69. The monoisotopic (exact) mass is 525 g/mol. The largest absolute Gasteiger partial charge is 0.366 e. The number of piperidine rings is 1. The Balaban J connectivity index is 1.59. The van der Waals surface area contributed by atoms with E-state index in [1.807, 2.05) is 43.4 Å². The standard InChI is InChI=1S/C28H39N5O3S/c1-4-30-18-20-7-5-8-22(15-20)23-16-24-26(19-31-27(24)25(17-23)28(29)34)21-9-12-33(13-10-21)37(35,36)14-6-11-32(2)3/h5,7-8,15-17,19,21,30-31H,4,6,9-14,18H2,1-3H3,(H2,29,34). The van der Waals surface area contributed by atoms with Crippen molar-refractivity contribution in [3.05, 3.63) is 59.3 Å². The van der Waals surface area contributed by atoms with E-state index >= 15 is 0 Å². The van der Waals surface area contributed by atoms with E-state index in [1.54, 1.807) is 4.31 Å². The van der Waals surface area contributed by atoms with Crippen LogP contribution in [0.5, 0.6) is 0 Å². The van der Waals surface area contributed by atoms with Crippen molar-refractivity contribution in [3.8, 4) is 11.1 Å². The number of hydrogen-bond donors (Lipinski definition) is 3. The summed E-state index contributed by atoms with van der Waals surface area (Å²) in [5, 5.41) is 4.33. The number of primary amides is 1. The van der Waals surface area contributed by atoms with Crippen LogP contribution in [0, 0.1) is 0 Å². The number of H-pyrrole nitrogens is 1. The van der Waals surface area contributed by atoms with Crippen molar-refractivity contribution in [1.29, 1.82) is 0 Å². The average molecular weight is 526 g/mol. The number of hydrogen-bond acceptors (Lipinski definition) is 5. The van der Waals surface area contributed by atoms with Crippen LogP contribution in [0.15, 0.2) is 42.6 Å². The molecule has 0 aliphatic carbocycles. The van der Waals surface area contributed by atoms with Crippen LogP contribution in [0.3, 0.4) is 0 Å². The van der Waals surface area contributed by atoms with Crippen LogP contribution in [0.2, 0.25) is 0 Å². The van der Waals surface area contributed by atoms with Gasteiger partial charge in [-0.15, -0.1) is 0 Å². The summed E-state index contributed by atoms with van der Waals surface area (Å²) in [6.07, 6.45) is 4.09. The highest BCUT2D eigenvalue weighted by atomic mass is 32.2. The van der Waals surface area contributed by atoms with E-state index in [0.29, 0.717) is 25.1 Å². The normalized spacial score (nSPS) is 15.6. The third-order valence-electron chi connectivity index (χ3n) is 7.22. The molecule has 0 atom stereocenters. The highest BCUT2D eigenvalue weighted by Crippen LogP contribution is 2.37. The molecule has 0 radical (unpaired) electrons. The molecular weight excluding hydrogens is 486 g/mol. The summed E-state index contributed by atoms with van der Waals surface area (Å²) in [6.45, 7) is 5.53. The van der Waals surface area contributed by atoms with Crippen molar-refractivity contribution < 1.29 is 13.2 Å². The first-order valence-electron chi connectivity index (χ1n) is 13.1. The van der Waals surface area contributed by atoms with Crippen LogP contribution in [-0.4, -0.2) is 74.5 Å². The van der Waals surface area contributed by atoms with Gasteiger partial charge in [0.25, 0.3) is 5.91 Å². The van der Waals surface area contributed by atoms with Crippen LogP contribution in [0.25, 0.3) is 22.0 Å². The number of sulfonamides is 1. The summed E-state index contributed by atoms with van der Waals surface area (Å²) in [5.41, 5.74) is 11.3. The molecule has 4 N–H and O–H groups in total. The SMILES string of the molecule is CCNCc1cccc(-c2cc(C(N)=O)c3[nH]cc(C4CCN(S(=O)(=O)CCCN(C)C)CC4)c3c2)c1. The molecule has 1 aliphatic heterocycles. The van der Waals surface area contributed by atoms with Gasteiger partial charge in [0.05, 0.1) is 16.8 Å². The van der Waals surface area contributed by atoms with Crippen molar-refractivity contribution in [3.63, 3.8) is 0 Å². The lowest BCUT2D eigenvalue weighted by Crippen LogP contribution is -2.39. The molecule has 0 spiro atoms. The van der Waals surface area contributed by atoms with Gasteiger partial charge in [-0.2, -0.15) is 0 Å².